The quantitative estimate of drug-likeness (QED) is 0.574. The summed E-state index contributed by atoms with van der Waals surface area (Å²) in [5.41, 5.74) is -0.886. The minimum atomic E-state index is -4.37. The number of halogens is 3. The Morgan fingerprint density at radius 3 is 2.08 bits per heavy atom. The Labute approximate surface area is 69.3 Å². The van der Waals surface area contributed by atoms with E-state index >= 15 is 0 Å². The molecule has 0 bridgehead atoms. The molecule has 0 amide bonds. The highest BCUT2D eigenvalue weighted by atomic mass is 19.4. The Balaban J connectivity index is 4.67. The molecule has 0 fully saturated rings. The van der Waals surface area contributed by atoms with Gasteiger partial charge in [0.2, 0.25) is 0 Å². The van der Waals surface area contributed by atoms with E-state index in [0.29, 0.717) is 0 Å². The number of rotatable bonds is 2. The third-order valence-electron chi connectivity index (χ3n) is 0.978. The van der Waals surface area contributed by atoms with Gasteiger partial charge >= 0.3 is 6.18 Å². The molecule has 0 aliphatic heterocycles. The van der Waals surface area contributed by atoms with Crippen molar-refractivity contribution in [2.45, 2.75) is 20.0 Å². The van der Waals surface area contributed by atoms with Crippen LogP contribution in [0.1, 0.15) is 13.8 Å². The zero-order valence-electron chi connectivity index (χ0n) is 6.89. The maximum absolute atomic E-state index is 12.0. The lowest BCUT2D eigenvalue weighted by molar-refractivity contribution is -0.0576. The summed E-state index contributed by atoms with van der Waals surface area (Å²) in [7, 11) is 0. The molecule has 0 N–H and O–H groups in total. The van der Waals surface area contributed by atoms with Gasteiger partial charge in [-0.05, 0) is 19.9 Å². The van der Waals surface area contributed by atoms with Crippen molar-refractivity contribution in [3.8, 4) is 0 Å². The largest absolute Gasteiger partial charge is 0.433 e. The molecule has 0 aromatic carbocycles. The van der Waals surface area contributed by atoms with Crippen LogP contribution in [0.15, 0.2) is 29.4 Å². The fraction of sp³-hybridized carbons (Fsp3) is 0.375. The molecule has 68 valence electrons. The first-order valence-electron chi connectivity index (χ1n) is 3.41. The van der Waals surface area contributed by atoms with Gasteiger partial charge < -0.3 is 0 Å². The second-order valence-electron chi connectivity index (χ2n) is 1.99. The van der Waals surface area contributed by atoms with Crippen molar-refractivity contribution in [3.63, 3.8) is 0 Å². The van der Waals surface area contributed by atoms with Crippen LogP contribution in [-0.2, 0) is 0 Å². The van der Waals surface area contributed by atoms with Crippen LogP contribution in [0.5, 0.6) is 0 Å². The summed E-state index contributed by atoms with van der Waals surface area (Å²) in [5, 5.41) is 0. The molecule has 1 nitrogen and oxygen atoms in total. The summed E-state index contributed by atoms with van der Waals surface area (Å²) >= 11 is 0. The second kappa shape index (κ2) is 4.74. The number of nitrogens with zero attached hydrogens (tertiary/aromatic N) is 1. The SMILES string of the molecule is C\C=C/N=C(\C=C/C)C(F)(F)F. The zero-order valence-corrected chi connectivity index (χ0v) is 6.89. The van der Waals surface area contributed by atoms with E-state index < -0.39 is 11.9 Å². The van der Waals surface area contributed by atoms with E-state index in [9.17, 15) is 13.2 Å². The summed E-state index contributed by atoms with van der Waals surface area (Å²) in [4.78, 5) is 3.23. The molecule has 0 aliphatic carbocycles. The van der Waals surface area contributed by atoms with Crippen LogP contribution in [0.2, 0.25) is 0 Å². The van der Waals surface area contributed by atoms with E-state index in [1.807, 2.05) is 0 Å². The first-order chi connectivity index (χ1) is 5.52. The average Bonchev–Trinajstić information content (AvgIpc) is 1.95. The minimum absolute atomic E-state index is 0.886. The van der Waals surface area contributed by atoms with Crippen LogP contribution >= 0.6 is 0 Å². The standard InChI is InChI=1S/C8H10F3N/c1-3-5-7(8(9,10)11)12-6-4-2/h3-6H,1-2H3/b5-3-,6-4-,12-7+. The monoisotopic (exact) mass is 177 g/mol. The fourth-order valence-electron chi connectivity index (χ4n) is 0.523. The fourth-order valence-corrected chi connectivity index (χ4v) is 0.523. The molecule has 12 heavy (non-hydrogen) atoms. The molecule has 0 aromatic rings. The van der Waals surface area contributed by atoms with Gasteiger partial charge in [-0.25, -0.2) is 0 Å². The van der Waals surface area contributed by atoms with Crippen molar-refractivity contribution in [1.29, 1.82) is 0 Å². The van der Waals surface area contributed by atoms with Gasteiger partial charge in [-0.15, -0.1) is 0 Å². The molecule has 0 radical (unpaired) electrons. The van der Waals surface area contributed by atoms with Crippen molar-refractivity contribution in [3.05, 3.63) is 24.4 Å². The third-order valence-corrected chi connectivity index (χ3v) is 0.978. The Kier molecular flexibility index (Phi) is 4.33. The first-order valence-corrected chi connectivity index (χ1v) is 3.41. The number of alkyl halides is 3. The Bertz CT molecular complexity index is 211. The van der Waals surface area contributed by atoms with Gasteiger partial charge in [0.25, 0.3) is 0 Å². The maximum atomic E-state index is 12.0. The molecule has 4 heteroatoms. The minimum Gasteiger partial charge on any atom is -0.252 e. The smallest absolute Gasteiger partial charge is 0.252 e. The van der Waals surface area contributed by atoms with Crippen molar-refractivity contribution in [2.75, 3.05) is 0 Å². The van der Waals surface area contributed by atoms with Crippen LogP contribution < -0.4 is 0 Å². The summed E-state index contributed by atoms with van der Waals surface area (Å²) in [5.74, 6) is 0. The molecule has 0 aliphatic rings. The van der Waals surface area contributed by atoms with E-state index in [-0.39, 0.29) is 0 Å². The Hall–Kier alpha value is -1.06. The van der Waals surface area contributed by atoms with Gasteiger partial charge in [-0.3, -0.25) is 4.99 Å². The number of hydrogen-bond donors (Lipinski definition) is 0. The van der Waals surface area contributed by atoms with E-state index in [2.05, 4.69) is 4.99 Å². The van der Waals surface area contributed by atoms with Crippen LogP contribution in [-0.4, -0.2) is 11.9 Å². The topological polar surface area (TPSA) is 12.4 Å². The molecule has 0 heterocycles. The molecule has 0 saturated carbocycles. The summed E-state index contributed by atoms with van der Waals surface area (Å²) in [6.45, 7) is 3.12. The predicted molar refractivity (Wildman–Crippen MR) is 43.1 cm³/mol. The molecular formula is C8H10F3N. The molecule has 0 aromatic heterocycles. The lowest BCUT2D eigenvalue weighted by Crippen LogP contribution is -2.20. The van der Waals surface area contributed by atoms with E-state index in [4.69, 9.17) is 0 Å². The van der Waals surface area contributed by atoms with Crippen LogP contribution in [0.4, 0.5) is 13.2 Å². The zero-order chi connectivity index (χ0) is 9.61. The Morgan fingerprint density at radius 1 is 1.17 bits per heavy atom. The normalized spacial score (nSPS) is 14.9. The van der Waals surface area contributed by atoms with Crippen molar-refractivity contribution in [1.82, 2.24) is 0 Å². The van der Waals surface area contributed by atoms with Gasteiger partial charge in [-0.1, -0.05) is 12.2 Å². The van der Waals surface area contributed by atoms with Crippen LogP contribution in [0.25, 0.3) is 0 Å². The molecule has 0 rings (SSSR count). The lowest BCUT2D eigenvalue weighted by Gasteiger charge is -2.03. The maximum Gasteiger partial charge on any atom is 0.433 e. The van der Waals surface area contributed by atoms with Crippen molar-refractivity contribution in [2.24, 2.45) is 4.99 Å². The van der Waals surface area contributed by atoms with Crippen molar-refractivity contribution >= 4 is 5.71 Å². The number of hydrogen-bond acceptors (Lipinski definition) is 1. The number of aliphatic imine (C=N–C) groups is 1. The van der Waals surface area contributed by atoms with E-state index in [1.165, 1.54) is 19.1 Å². The van der Waals surface area contributed by atoms with Gasteiger partial charge in [0, 0.05) is 6.20 Å². The first kappa shape index (κ1) is 10.9. The van der Waals surface area contributed by atoms with Crippen LogP contribution in [0.3, 0.4) is 0 Å². The third kappa shape index (κ3) is 3.95. The highest BCUT2D eigenvalue weighted by Gasteiger charge is 2.33. The van der Waals surface area contributed by atoms with Crippen LogP contribution in [0, 0.1) is 0 Å². The molecule has 0 atom stereocenters. The van der Waals surface area contributed by atoms with E-state index in [1.54, 1.807) is 6.92 Å². The summed E-state index contributed by atoms with van der Waals surface area (Å²) in [6, 6.07) is 0. The predicted octanol–water partition coefficient (Wildman–Crippen LogP) is 3.10. The second-order valence-corrected chi connectivity index (χ2v) is 1.99. The molecule has 0 spiro atoms. The lowest BCUT2D eigenvalue weighted by atomic mass is 10.3. The highest BCUT2D eigenvalue weighted by molar-refractivity contribution is 5.99. The van der Waals surface area contributed by atoms with E-state index in [0.717, 1.165) is 12.3 Å². The molecular weight excluding hydrogens is 167 g/mol. The Morgan fingerprint density at radius 2 is 1.75 bits per heavy atom. The van der Waals surface area contributed by atoms with Gasteiger partial charge in [-0.2, -0.15) is 13.2 Å². The molecule has 0 unspecified atom stereocenters. The average molecular weight is 177 g/mol. The summed E-state index contributed by atoms with van der Waals surface area (Å²) in [6.07, 6.45) is 0.417. The number of allylic oxidation sites excluding steroid dienone is 3. The summed E-state index contributed by atoms with van der Waals surface area (Å²) < 4.78 is 36.0. The molecule has 0 saturated heterocycles. The van der Waals surface area contributed by atoms with Crippen molar-refractivity contribution < 1.29 is 13.2 Å². The van der Waals surface area contributed by atoms with Gasteiger partial charge in [0.1, 0.15) is 5.71 Å². The highest BCUT2D eigenvalue weighted by Crippen LogP contribution is 2.18. The van der Waals surface area contributed by atoms with Gasteiger partial charge in [0.05, 0.1) is 0 Å². The van der Waals surface area contributed by atoms with Gasteiger partial charge in [0.15, 0.2) is 0 Å².